The second kappa shape index (κ2) is 2.49. The molecule has 0 N–H and O–H groups in total. The van der Waals surface area contributed by atoms with Crippen LogP contribution >= 0.6 is 11.6 Å². The first kappa shape index (κ1) is 7.40. The molecule has 0 heterocycles. The number of alkyl halides is 1. The summed E-state index contributed by atoms with van der Waals surface area (Å²) in [7, 11) is 0. The van der Waals surface area contributed by atoms with E-state index in [2.05, 4.69) is 13.8 Å². The lowest BCUT2D eigenvalue weighted by Crippen LogP contribution is -2.22. The van der Waals surface area contributed by atoms with Crippen LogP contribution in [0.3, 0.4) is 0 Å². The van der Waals surface area contributed by atoms with Gasteiger partial charge in [0.25, 0.3) is 0 Å². The Kier molecular flexibility index (Phi) is 2.05. The van der Waals surface area contributed by atoms with Crippen molar-refractivity contribution in [2.24, 2.45) is 5.92 Å². The van der Waals surface area contributed by atoms with Gasteiger partial charge in [-0.3, -0.25) is 0 Å². The van der Waals surface area contributed by atoms with Gasteiger partial charge in [0.1, 0.15) is 0 Å². The van der Waals surface area contributed by atoms with E-state index < -0.39 is 0 Å². The van der Waals surface area contributed by atoms with Gasteiger partial charge < -0.3 is 0 Å². The van der Waals surface area contributed by atoms with Crippen molar-refractivity contribution in [2.75, 3.05) is 0 Å². The first-order chi connectivity index (χ1) is 4.19. The first-order valence-corrected chi connectivity index (χ1v) is 4.26. The van der Waals surface area contributed by atoms with Crippen molar-refractivity contribution in [2.45, 2.75) is 44.4 Å². The van der Waals surface area contributed by atoms with E-state index in [0.29, 0.717) is 0 Å². The Hall–Kier alpha value is 0.290. The topological polar surface area (TPSA) is 0 Å². The molecule has 1 fully saturated rings. The van der Waals surface area contributed by atoms with Crippen molar-refractivity contribution >= 4 is 11.6 Å². The van der Waals surface area contributed by atoms with Gasteiger partial charge in [-0.1, -0.05) is 20.3 Å². The molecule has 1 aliphatic carbocycles. The molecule has 1 heteroatoms. The van der Waals surface area contributed by atoms with Crippen molar-refractivity contribution in [3.05, 3.63) is 0 Å². The number of hydrogen-bond acceptors (Lipinski definition) is 0. The van der Waals surface area contributed by atoms with Crippen LogP contribution in [0.25, 0.3) is 0 Å². The normalized spacial score (nSPS) is 43.7. The molecule has 0 spiro atoms. The van der Waals surface area contributed by atoms with Gasteiger partial charge in [0.15, 0.2) is 0 Å². The highest BCUT2D eigenvalue weighted by Gasteiger charge is 2.36. The third-order valence-electron chi connectivity index (χ3n) is 2.70. The van der Waals surface area contributed by atoms with E-state index in [1.807, 2.05) is 0 Å². The second-order valence-electron chi connectivity index (χ2n) is 3.18. The molecule has 9 heavy (non-hydrogen) atoms. The maximum atomic E-state index is 6.31. The van der Waals surface area contributed by atoms with Gasteiger partial charge in [-0.05, 0) is 25.2 Å². The predicted molar refractivity (Wildman–Crippen MR) is 41.9 cm³/mol. The monoisotopic (exact) mass is 146 g/mol. The molecule has 1 aliphatic rings. The van der Waals surface area contributed by atoms with Crippen molar-refractivity contribution in [1.82, 2.24) is 0 Å². The van der Waals surface area contributed by atoms with Crippen LogP contribution in [0.5, 0.6) is 0 Å². The Bertz CT molecular complexity index is 101. The maximum Gasteiger partial charge on any atom is 0.0469 e. The van der Waals surface area contributed by atoms with Gasteiger partial charge in [-0.25, -0.2) is 0 Å². The van der Waals surface area contributed by atoms with E-state index in [1.54, 1.807) is 0 Å². The fourth-order valence-corrected chi connectivity index (χ4v) is 1.98. The average Bonchev–Trinajstić information content (AvgIpc) is 2.15. The standard InChI is InChI=1S/C8H15Cl/c1-3-8(9)6-4-5-7(8)2/h7H,3-6H2,1-2H3. The molecule has 0 aromatic heterocycles. The van der Waals surface area contributed by atoms with Crippen LogP contribution in [0, 0.1) is 5.92 Å². The summed E-state index contributed by atoms with van der Waals surface area (Å²) in [6.07, 6.45) is 5.03. The minimum absolute atomic E-state index is 0.167. The molecular weight excluding hydrogens is 132 g/mol. The summed E-state index contributed by atoms with van der Waals surface area (Å²) in [6.45, 7) is 4.46. The zero-order valence-corrected chi connectivity index (χ0v) is 7.04. The summed E-state index contributed by atoms with van der Waals surface area (Å²) in [4.78, 5) is 0.167. The number of rotatable bonds is 1. The Labute approximate surface area is 62.6 Å². The van der Waals surface area contributed by atoms with Crippen LogP contribution in [-0.4, -0.2) is 4.87 Å². The molecule has 0 amide bonds. The maximum absolute atomic E-state index is 6.31. The summed E-state index contributed by atoms with van der Waals surface area (Å²) >= 11 is 6.31. The molecular formula is C8H15Cl. The SMILES string of the molecule is CCC1(Cl)CCCC1C. The fourth-order valence-electron chi connectivity index (χ4n) is 1.73. The number of hydrogen-bond donors (Lipinski definition) is 0. The molecule has 1 saturated carbocycles. The lowest BCUT2D eigenvalue weighted by molar-refractivity contribution is 0.445. The zero-order valence-electron chi connectivity index (χ0n) is 6.28. The van der Waals surface area contributed by atoms with E-state index in [-0.39, 0.29) is 4.87 Å². The van der Waals surface area contributed by atoms with Gasteiger partial charge in [-0.15, -0.1) is 11.6 Å². The highest BCUT2D eigenvalue weighted by molar-refractivity contribution is 6.24. The van der Waals surface area contributed by atoms with Gasteiger partial charge in [0, 0.05) is 4.87 Å². The van der Waals surface area contributed by atoms with Gasteiger partial charge in [0.05, 0.1) is 0 Å². The van der Waals surface area contributed by atoms with Crippen LogP contribution in [-0.2, 0) is 0 Å². The van der Waals surface area contributed by atoms with Crippen LogP contribution in [0.2, 0.25) is 0 Å². The van der Waals surface area contributed by atoms with Crippen molar-refractivity contribution in [3.8, 4) is 0 Å². The molecule has 0 aromatic rings. The van der Waals surface area contributed by atoms with E-state index in [0.717, 1.165) is 12.3 Å². The van der Waals surface area contributed by atoms with Crippen molar-refractivity contribution < 1.29 is 0 Å². The molecule has 0 aromatic carbocycles. The Morgan fingerprint density at radius 3 is 2.56 bits per heavy atom. The highest BCUT2D eigenvalue weighted by Crippen LogP contribution is 2.42. The molecule has 54 valence electrons. The Balaban J connectivity index is 2.56. The molecule has 1 rings (SSSR count). The summed E-state index contributed by atoms with van der Waals surface area (Å²) < 4.78 is 0. The van der Waals surface area contributed by atoms with Crippen LogP contribution in [0.4, 0.5) is 0 Å². The number of halogens is 1. The third-order valence-corrected chi connectivity index (χ3v) is 3.53. The smallest absolute Gasteiger partial charge is 0.0469 e. The summed E-state index contributed by atoms with van der Waals surface area (Å²) in [6, 6.07) is 0. The molecule has 0 nitrogen and oxygen atoms in total. The van der Waals surface area contributed by atoms with E-state index >= 15 is 0 Å². The molecule has 2 atom stereocenters. The Morgan fingerprint density at radius 1 is 1.67 bits per heavy atom. The minimum atomic E-state index is 0.167. The quantitative estimate of drug-likeness (QED) is 0.499. The molecule has 0 radical (unpaired) electrons. The lowest BCUT2D eigenvalue weighted by atomic mass is 9.95. The molecule has 0 bridgehead atoms. The second-order valence-corrected chi connectivity index (χ2v) is 3.93. The van der Waals surface area contributed by atoms with Crippen LogP contribution < -0.4 is 0 Å². The van der Waals surface area contributed by atoms with Crippen LogP contribution in [0.15, 0.2) is 0 Å². The largest absolute Gasteiger partial charge is 0.119 e. The highest BCUT2D eigenvalue weighted by atomic mass is 35.5. The zero-order chi connectivity index (χ0) is 6.91. The van der Waals surface area contributed by atoms with Crippen molar-refractivity contribution in [1.29, 1.82) is 0 Å². The predicted octanol–water partition coefficient (Wildman–Crippen LogP) is 3.19. The van der Waals surface area contributed by atoms with Gasteiger partial charge >= 0.3 is 0 Å². The summed E-state index contributed by atoms with van der Waals surface area (Å²) in [5.41, 5.74) is 0. The molecule has 0 saturated heterocycles. The Morgan fingerprint density at radius 2 is 2.33 bits per heavy atom. The van der Waals surface area contributed by atoms with E-state index in [1.165, 1.54) is 19.3 Å². The summed E-state index contributed by atoms with van der Waals surface area (Å²) in [5.74, 6) is 0.740. The lowest BCUT2D eigenvalue weighted by Gasteiger charge is -2.23. The van der Waals surface area contributed by atoms with E-state index in [9.17, 15) is 0 Å². The molecule has 2 unspecified atom stereocenters. The van der Waals surface area contributed by atoms with Gasteiger partial charge in [-0.2, -0.15) is 0 Å². The third kappa shape index (κ3) is 1.24. The molecule has 0 aliphatic heterocycles. The summed E-state index contributed by atoms with van der Waals surface area (Å²) in [5, 5.41) is 0. The van der Waals surface area contributed by atoms with E-state index in [4.69, 9.17) is 11.6 Å². The van der Waals surface area contributed by atoms with Gasteiger partial charge in [0.2, 0.25) is 0 Å². The van der Waals surface area contributed by atoms with Crippen molar-refractivity contribution in [3.63, 3.8) is 0 Å². The minimum Gasteiger partial charge on any atom is -0.119 e. The average molecular weight is 147 g/mol. The van der Waals surface area contributed by atoms with Crippen LogP contribution in [0.1, 0.15) is 39.5 Å². The fraction of sp³-hybridized carbons (Fsp3) is 1.00. The first-order valence-electron chi connectivity index (χ1n) is 3.88.